The number of likely N-dealkylation sites (tertiary alicyclic amines) is 1. The maximum Gasteiger partial charge on any atom is 0.312 e. The molecule has 2 aliphatic heterocycles. The molecule has 0 radical (unpaired) electrons. The molecule has 2 heterocycles. The molecule has 156 valence electrons. The van der Waals surface area contributed by atoms with Crippen LogP contribution in [0.3, 0.4) is 0 Å². The van der Waals surface area contributed by atoms with E-state index in [4.69, 9.17) is 0 Å². The number of carbonyl (C=O) groups excluding carboxylic acids is 3. The van der Waals surface area contributed by atoms with Crippen LogP contribution in [-0.4, -0.2) is 64.6 Å². The number of hydrogen-bond acceptors (Lipinski definition) is 3. The zero-order valence-corrected chi connectivity index (χ0v) is 17.3. The minimum absolute atomic E-state index is 0.0829. The lowest BCUT2D eigenvalue weighted by molar-refractivity contribution is -0.158. The number of piperidine rings is 1. The van der Waals surface area contributed by atoms with E-state index in [0.29, 0.717) is 31.1 Å². The summed E-state index contributed by atoms with van der Waals surface area (Å²) in [5.41, 5.74) is 1.64. The average molecular weight is 398 g/mol. The molecule has 1 atom stereocenters. The van der Waals surface area contributed by atoms with Crippen LogP contribution >= 0.6 is 0 Å². The molecule has 0 bridgehead atoms. The van der Waals surface area contributed by atoms with Gasteiger partial charge >= 0.3 is 11.8 Å². The van der Waals surface area contributed by atoms with Crippen molar-refractivity contribution >= 4 is 17.7 Å². The van der Waals surface area contributed by atoms with Crippen LogP contribution in [0.2, 0.25) is 0 Å². The standard InChI is InChI=1S/C23H31N3O3/c1-17-5-4-12-24(15-17)21(27)19-10-8-18(9-11-19)16-25-13-14-26(23(29)22(25)28)20-6-2-3-7-20/h8-11,17,20H,2-7,12-16H2,1H3/t17-/m0/s1. The number of amides is 3. The number of benzene rings is 1. The van der Waals surface area contributed by atoms with Crippen molar-refractivity contribution in [3.8, 4) is 0 Å². The average Bonchev–Trinajstić information content (AvgIpc) is 3.26. The van der Waals surface area contributed by atoms with Gasteiger partial charge in [-0.15, -0.1) is 0 Å². The normalized spacial score (nSPS) is 23.8. The molecule has 2 saturated heterocycles. The molecule has 0 N–H and O–H groups in total. The Labute approximate surface area is 172 Å². The summed E-state index contributed by atoms with van der Waals surface area (Å²) in [4.78, 5) is 43.2. The molecule has 29 heavy (non-hydrogen) atoms. The third-order valence-corrected chi connectivity index (χ3v) is 6.63. The predicted molar refractivity (Wildman–Crippen MR) is 110 cm³/mol. The summed E-state index contributed by atoms with van der Waals surface area (Å²) >= 11 is 0. The Kier molecular flexibility index (Phi) is 5.88. The van der Waals surface area contributed by atoms with Crippen LogP contribution in [0.25, 0.3) is 0 Å². The molecule has 0 unspecified atom stereocenters. The first kappa shape index (κ1) is 19.9. The Hall–Kier alpha value is -2.37. The SMILES string of the molecule is C[C@H]1CCCN(C(=O)c2ccc(CN3CCN(C4CCCC4)C(=O)C3=O)cc2)C1. The fraction of sp³-hybridized carbons (Fsp3) is 0.609. The van der Waals surface area contributed by atoms with Gasteiger partial charge in [-0.3, -0.25) is 14.4 Å². The highest BCUT2D eigenvalue weighted by molar-refractivity contribution is 6.35. The van der Waals surface area contributed by atoms with Crippen LogP contribution < -0.4 is 0 Å². The topological polar surface area (TPSA) is 60.9 Å². The summed E-state index contributed by atoms with van der Waals surface area (Å²) < 4.78 is 0. The minimum Gasteiger partial charge on any atom is -0.338 e. The molecule has 0 spiro atoms. The molecule has 3 aliphatic rings. The van der Waals surface area contributed by atoms with Crippen molar-refractivity contribution in [1.82, 2.24) is 14.7 Å². The number of piperazine rings is 1. The van der Waals surface area contributed by atoms with E-state index in [1.165, 1.54) is 6.42 Å². The van der Waals surface area contributed by atoms with Gasteiger partial charge in [0.15, 0.2) is 0 Å². The van der Waals surface area contributed by atoms with E-state index in [1.807, 2.05) is 29.2 Å². The molecular formula is C23H31N3O3. The first-order valence-corrected chi connectivity index (χ1v) is 11.0. The zero-order valence-electron chi connectivity index (χ0n) is 17.3. The molecule has 3 amide bonds. The van der Waals surface area contributed by atoms with Crippen LogP contribution in [0.4, 0.5) is 0 Å². The van der Waals surface area contributed by atoms with Gasteiger partial charge in [-0.2, -0.15) is 0 Å². The largest absolute Gasteiger partial charge is 0.338 e. The van der Waals surface area contributed by atoms with Crippen molar-refractivity contribution < 1.29 is 14.4 Å². The Morgan fingerprint density at radius 3 is 2.34 bits per heavy atom. The summed E-state index contributed by atoms with van der Waals surface area (Å²) in [6.45, 7) is 5.45. The second-order valence-corrected chi connectivity index (χ2v) is 8.86. The lowest BCUT2D eigenvalue weighted by atomic mass is 9.99. The summed E-state index contributed by atoms with van der Waals surface area (Å²) in [5.74, 6) is -0.113. The van der Waals surface area contributed by atoms with Crippen molar-refractivity contribution in [2.45, 2.75) is 58.0 Å². The van der Waals surface area contributed by atoms with E-state index >= 15 is 0 Å². The highest BCUT2D eigenvalue weighted by Crippen LogP contribution is 2.25. The van der Waals surface area contributed by atoms with Crippen molar-refractivity contribution in [1.29, 1.82) is 0 Å². The van der Waals surface area contributed by atoms with Gasteiger partial charge in [-0.1, -0.05) is 31.9 Å². The number of carbonyl (C=O) groups is 3. The monoisotopic (exact) mass is 397 g/mol. The summed E-state index contributed by atoms with van der Waals surface area (Å²) in [6, 6.07) is 7.75. The molecule has 3 fully saturated rings. The summed E-state index contributed by atoms with van der Waals surface area (Å²) in [5, 5.41) is 0. The maximum absolute atomic E-state index is 12.7. The van der Waals surface area contributed by atoms with Gasteiger partial charge in [0.25, 0.3) is 5.91 Å². The van der Waals surface area contributed by atoms with Gasteiger partial charge in [0.05, 0.1) is 0 Å². The van der Waals surface area contributed by atoms with Gasteiger partial charge < -0.3 is 14.7 Å². The second-order valence-electron chi connectivity index (χ2n) is 8.86. The lowest BCUT2D eigenvalue weighted by Gasteiger charge is -2.37. The molecule has 1 aromatic carbocycles. The van der Waals surface area contributed by atoms with Crippen LogP contribution in [0, 0.1) is 5.92 Å². The third kappa shape index (κ3) is 4.31. The predicted octanol–water partition coefficient (Wildman–Crippen LogP) is 2.67. The molecule has 0 aromatic heterocycles. The van der Waals surface area contributed by atoms with Gasteiger partial charge in [-0.05, 0) is 49.3 Å². The molecular weight excluding hydrogens is 366 g/mol. The van der Waals surface area contributed by atoms with Crippen LogP contribution in [0.15, 0.2) is 24.3 Å². The smallest absolute Gasteiger partial charge is 0.312 e. The van der Waals surface area contributed by atoms with E-state index in [9.17, 15) is 14.4 Å². The fourth-order valence-corrected chi connectivity index (χ4v) is 4.93. The first-order chi connectivity index (χ1) is 14.0. The molecule has 1 aliphatic carbocycles. The van der Waals surface area contributed by atoms with Gasteiger partial charge in [0, 0.05) is 44.3 Å². The van der Waals surface area contributed by atoms with E-state index in [2.05, 4.69) is 6.92 Å². The highest BCUT2D eigenvalue weighted by atomic mass is 16.2. The van der Waals surface area contributed by atoms with Crippen molar-refractivity contribution in [2.24, 2.45) is 5.92 Å². The van der Waals surface area contributed by atoms with Gasteiger partial charge in [0.2, 0.25) is 0 Å². The quantitative estimate of drug-likeness (QED) is 0.734. The lowest BCUT2D eigenvalue weighted by Crippen LogP contribution is -2.56. The number of rotatable bonds is 4. The second kappa shape index (κ2) is 8.56. The Morgan fingerprint density at radius 2 is 1.66 bits per heavy atom. The number of nitrogens with zero attached hydrogens (tertiary/aromatic N) is 3. The Bertz CT molecular complexity index is 770. The van der Waals surface area contributed by atoms with Gasteiger partial charge in [0.1, 0.15) is 0 Å². The van der Waals surface area contributed by atoms with Crippen molar-refractivity contribution in [3.63, 3.8) is 0 Å². The van der Waals surface area contributed by atoms with E-state index in [0.717, 1.165) is 50.8 Å². The summed E-state index contributed by atoms with van der Waals surface area (Å²) in [7, 11) is 0. The number of hydrogen-bond donors (Lipinski definition) is 0. The molecule has 6 nitrogen and oxygen atoms in total. The molecule has 4 rings (SSSR count). The first-order valence-electron chi connectivity index (χ1n) is 11.0. The van der Waals surface area contributed by atoms with E-state index < -0.39 is 5.91 Å². The molecule has 1 saturated carbocycles. The van der Waals surface area contributed by atoms with E-state index in [1.54, 1.807) is 9.80 Å². The molecule has 6 heteroatoms. The highest BCUT2D eigenvalue weighted by Gasteiger charge is 2.37. The van der Waals surface area contributed by atoms with Crippen LogP contribution in [0.5, 0.6) is 0 Å². The third-order valence-electron chi connectivity index (χ3n) is 6.63. The minimum atomic E-state index is -0.398. The van der Waals surface area contributed by atoms with Crippen molar-refractivity contribution in [3.05, 3.63) is 35.4 Å². The van der Waals surface area contributed by atoms with E-state index in [-0.39, 0.29) is 17.9 Å². The Balaban J connectivity index is 1.36. The fourth-order valence-electron chi connectivity index (χ4n) is 4.93. The van der Waals surface area contributed by atoms with Gasteiger partial charge in [-0.25, -0.2) is 0 Å². The Morgan fingerprint density at radius 1 is 0.931 bits per heavy atom. The van der Waals surface area contributed by atoms with Crippen LogP contribution in [-0.2, 0) is 16.1 Å². The zero-order chi connectivity index (χ0) is 20.4. The van der Waals surface area contributed by atoms with Crippen LogP contribution in [0.1, 0.15) is 61.4 Å². The van der Waals surface area contributed by atoms with Crippen molar-refractivity contribution in [2.75, 3.05) is 26.2 Å². The summed E-state index contributed by atoms with van der Waals surface area (Å²) in [6.07, 6.45) is 6.58. The molecule has 1 aromatic rings. The maximum atomic E-state index is 12.7.